The molecule has 0 radical (unpaired) electrons. The van der Waals surface area contributed by atoms with E-state index in [2.05, 4.69) is 10.3 Å². The lowest BCUT2D eigenvalue weighted by Gasteiger charge is -2.09. The van der Waals surface area contributed by atoms with Gasteiger partial charge in [-0.3, -0.25) is 9.78 Å². The molecule has 0 aliphatic carbocycles. The summed E-state index contributed by atoms with van der Waals surface area (Å²) in [4.78, 5) is 15.6. The normalized spacial score (nSPS) is 11.2. The number of hydrogen-bond acceptors (Lipinski definition) is 2. The standard InChI is InChI=1S/C14H10ClF3N2O/c15-11-3-1-9(2-4-11)13(21)20-8-12-7-10(5-6-19-12)14(16,17)18/h1-7H,8H2,(H,20,21). The second-order valence-electron chi connectivity index (χ2n) is 4.22. The lowest BCUT2D eigenvalue weighted by molar-refractivity contribution is -0.137. The molecule has 2 rings (SSSR count). The van der Waals surface area contributed by atoms with Crippen molar-refractivity contribution in [1.29, 1.82) is 0 Å². The van der Waals surface area contributed by atoms with Crippen molar-refractivity contribution in [3.8, 4) is 0 Å². The van der Waals surface area contributed by atoms with Crippen molar-refractivity contribution in [2.24, 2.45) is 0 Å². The number of nitrogens with zero attached hydrogens (tertiary/aromatic N) is 1. The maximum Gasteiger partial charge on any atom is 0.416 e. The summed E-state index contributed by atoms with van der Waals surface area (Å²) in [5, 5.41) is 2.99. The molecule has 1 aromatic heterocycles. The molecule has 0 fully saturated rings. The Morgan fingerprint density at radius 3 is 2.48 bits per heavy atom. The molecule has 0 spiro atoms. The number of pyridine rings is 1. The number of aromatic nitrogens is 1. The van der Waals surface area contributed by atoms with Crippen LogP contribution in [-0.4, -0.2) is 10.9 Å². The van der Waals surface area contributed by atoms with E-state index in [1.165, 1.54) is 12.1 Å². The van der Waals surface area contributed by atoms with Gasteiger partial charge in [0.25, 0.3) is 5.91 Å². The summed E-state index contributed by atoms with van der Waals surface area (Å²) >= 11 is 5.70. The first-order chi connectivity index (χ1) is 9.86. The van der Waals surface area contributed by atoms with Crippen molar-refractivity contribution >= 4 is 17.5 Å². The Morgan fingerprint density at radius 1 is 1.19 bits per heavy atom. The van der Waals surface area contributed by atoms with Crippen molar-refractivity contribution in [3.05, 3.63) is 64.4 Å². The van der Waals surface area contributed by atoms with E-state index in [4.69, 9.17) is 11.6 Å². The number of alkyl halides is 3. The number of nitrogens with one attached hydrogen (secondary N) is 1. The fourth-order valence-corrected chi connectivity index (χ4v) is 1.75. The SMILES string of the molecule is O=C(NCc1cc(C(F)(F)F)ccn1)c1ccc(Cl)cc1. The molecule has 0 aliphatic heterocycles. The number of carbonyl (C=O) groups is 1. The van der Waals surface area contributed by atoms with Crippen LogP contribution in [0.4, 0.5) is 13.2 Å². The van der Waals surface area contributed by atoms with Crippen LogP contribution in [0.2, 0.25) is 5.02 Å². The smallest absolute Gasteiger partial charge is 0.346 e. The van der Waals surface area contributed by atoms with Gasteiger partial charge in [0, 0.05) is 16.8 Å². The largest absolute Gasteiger partial charge is 0.416 e. The van der Waals surface area contributed by atoms with E-state index in [1.54, 1.807) is 12.1 Å². The second kappa shape index (κ2) is 6.13. The van der Waals surface area contributed by atoms with Crippen LogP contribution < -0.4 is 5.32 Å². The molecule has 110 valence electrons. The number of rotatable bonds is 3. The molecule has 21 heavy (non-hydrogen) atoms. The van der Waals surface area contributed by atoms with E-state index in [9.17, 15) is 18.0 Å². The maximum absolute atomic E-state index is 12.5. The third-order valence-corrected chi connectivity index (χ3v) is 2.93. The fourth-order valence-electron chi connectivity index (χ4n) is 1.63. The predicted octanol–water partition coefficient (Wildman–Crippen LogP) is 3.68. The Bertz CT molecular complexity index is 641. The van der Waals surface area contributed by atoms with Crippen molar-refractivity contribution in [3.63, 3.8) is 0 Å². The van der Waals surface area contributed by atoms with Gasteiger partial charge >= 0.3 is 6.18 Å². The number of halogens is 4. The van der Waals surface area contributed by atoms with Crippen LogP contribution >= 0.6 is 11.6 Å². The summed E-state index contributed by atoms with van der Waals surface area (Å²) in [6, 6.07) is 7.94. The average Bonchev–Trinajstić information content (AvgIpc) is 2.45. The summed E-state index contributed by atoms with van der Waals surface area (Å²) in [6.45, 7) is -0.0919. The zero-order valence-electron chi connectivity index (χ0n) is 10.6. The van der Waals surface area contributed by atoms with Gasteiger partial charge in [0.1, 0.15) is 0 Å². The topological polar surface area (TPSA) is 42.0 Å². The molecule has 0 saturated carbocycles. The van der Waals surface area contributed by atoms with Gasteiger partial charge in [0.15, 0.2) is 0 Å². The van der Waals surface area contributed by atoms with E-state index in [0.29, 0.717) is 10.6 Å². The van der Waals surface area contributed by atoms with Gasteiger partial charge in [-0.1, -0.05) is 11.6 Å². The minimum atomic E-state index is -4.43. The van der Waals surface area contributed by atoms with Crippen LogP contribution in [0.3, 0.4) is 0 Å². The lowest BCUT2D eigenvalue weighted by Crippen LogP contribution is -2.23. The third kappa shape index (κ3) is 4.19. The Hall–Kier alpha value is -2.08. The number of amides is 1. The van der Waals surface area contributed by atoms with Crippen LogP contribution in [0.15, 0.2) is 42.6 Å². The second-order valence-corrected chi connectivity index (χ2v) is 4.66. The Labute approximate surface area is 123 Å². The van der Waals surface area contributed by atoms with Gasteiger partial charge in [-0.15, -0.1) is 0 Å². The van der Waals surface area contributed by atoms with Gasteiger partial charge < -0.3 is 5.32 Å². The number of hydrogen-bond donors (Lipinski definition) is 1. The fraction of sp³-hybridized carbons (Fsp3) is 0.143. The molecule has 7 heteroatoms. The molecule has 2 aromatic rings. The van der Waals surface area contributed by atoms with Gasteiger partial charge in [0.2, 0.25) is 0 Å². The van der Waals surface area contributed by atoms with E-state index in [0.717, 1.165) is 18.3 Å². The predicted molar refractivity (Wildman–Crippen MR) is 71.9 cm³/mol. The summed E-state index contributed by atoms with van der Waals surface area (Å²) < 4.78 is 37.6. The van der Waals surface area contributed by atoms with Crippen molar-refractivity contribution in [1.82, 2.24) is 10.3 Å². The van der Waals surface area contributed by atoms with Crippen molar-refractivity contribution < 1.29 is 18.0 Å². The molecule has 1 N–H and O–H groups in total. The molecular formula is C14H10ClF3N2O. The lowest BCUT2D eigenvalue weighted by atomic mass is 10.2. The highest BCUT2D eigenvalue weighted by molar-refractivity contribution is 6.30. The molecule has 0 aliphatic rings. The van der Waals surface area contributed by atoms with Crippen LogP contribution in [0.1, 0.15) is 21.6 Å². The highest BCUT2D eigenvalue weighted by atomic mass is 35.5. The Balaban J connectivity index is 2.03. The van der Waals surface area contributed by atoms with Crippen molar-refractivity contribution in [2.75, 3.05) is 0 Å². The average molecular weight is 315 g/mol. The molecule has 1 aromatic carbocycles. The number of benzene rings is 1. The molecular weight excluding hydrogens is 305 g/mol. The maximum atomic E-state index is 12.5. The van der Waals surface area contributed by atoms with E-state index in [-0.39, 0.29) is 12.2 Å². The summed E-state index contributed by atoms with van der Waals surface area (Å²) in [7, 11) is 0. The van der Waals surface area contributed by atoms with Crippen LogP contribution in [0.5, 0.6) is 0 Å². The summed E-state index contributed by atoms with van der Waals surface area (Å²) in [6.07, 6.45) is -3.37. The molecule has 0 atom stereocenters. The van der Waals surface area contributed by atoms with E-state index < -0.39 is 17.6 Å². The van der Waals surface area contributed by atoms with Crippen molar-refractivity contribution in [2.45, 2.75) is 12.7 Å². The first-order valence-electron chi connectivity index (χ1n) is 5.92. The van der Waals surface area contributed by atoms with E-state index in [1.807, 2.05) is 0 Å². The van der Waals surface area contributed by atoms with Crippen LogP contribution in [0, 0.1) is 0 Å². The summed E-state index contributed by atoms with van der Waals surface area (Å²) in [5.74, 6) is -0.411. The monoisotopic (exact) mass is 314 g/mol. The van der Waals surface area contributed by atoms with Crippen LogP contribution in [0.25, 0.3) is 0 Å². The minimum absolute atomic E-state index is 0.0919. The van der Waals surface area contributed by atoms with Gasteiger partial charge in [-0.2, -0.15) is 13.2 Å². The third-order valence-electron chi connectivity index (χ3n) is 2.68. The number of carbonyl (C=O) groups excluding carboxylic acids is 1. The molecule has 1 heterocycles. The molecule has 0 unspecified atom stereocenters. The minimum Gasteiger partial charge on any atom is -0.346 e. The van der Waals surface area contributed by atoms with Gasteiger partial charge in [0.05, 0.1) is 17.8 Å². The Kier molecular flexibility index (Phi) is 4.47. The first kappa shape index (κ1) is 15.3. The van der Waals surface area contributed by atoms with Gasteiger partial charge in [-0.05, 0) is 36.4 Å². The highest BCUT2D eigenvalue weighted by Crippen LogP contribution is 2.28. The molecule has 0 saturated heterocycles. The zero-order chi connectivity index (χ0) is 15.5. The van der Waals surface area contributed by atoms with E-state index >= 15 is 0 Å². The highest BCUT2D eigenvalue weighted by Gasteiger charge is 2.30. The van der Waals surface area contributed by atoms with Gasteiger partial charge in [-0.25, -0.2) is 0 Å². The van der Waals surface area contributed by atoms with Crippen LogP contribution in [-0.2, 0) is 12.7 Å². The zero-order valence-corrected chi connectivity index (χ0v) is 11.4. The Morgan fingerprint density at radius 2 is 1.86 bits per heavy atom. The summed E-state index contributed by atoms with van der Waals surface area (Å²) in [5.41, 5.74) is -0.299. The first-order valence-corrected chi connectivity index (χ1v) is 6.30. The molecule has 0 bridgehead atoms. The molecule has 1 amide bonds. The molecule has 3 nitrogen and oxygen atoms in total. The quantitative estimate of drug-likeness (QED) is 0.939.